The third kappa shape index (κ3) is 4.06. The molecule has 0 unspecified atom stereocenters. The second-order valence-electron chi connectivity index (χ2n) is 6.78. The molecule has 4 rings (SSSR count). The lowest BCUT2D eigenvalue weighted by molar-refractivity contribution is -0.385. The lowest BCUT2D eigenvalue weighted by atomic mass is 10.1. The number of hydrogen-bond acceptors (Lipinski definition) is 5. The molecule has 2 aromatic heterocycles. The highest BCUT2D eigenvalue weighted by molar-refractivity contribution is 5.96. The summed E-state index contributed by atoms with van der Waals surface area (Å²) < 4.78 is 3.07. The number of amides is 1. The first-order valence-electron chi connectivity index (χ1n) is 9.76. The second kappa shape index (κ2) is 8.62. The second-order valence-corrected chi connectivity index (χ2v) is 6.78. The Balaban J connectivity index is 1.66. The van der Waals surface area contributed by atoms with Crippen LogP contribution in [0.25, 0.3) is 16.9 Å². The van der Waals surface area contributed by atoms with Gasteiger partial charge in [-0.2, -0.15) is 10.2 Å². The van der Waals surface area contributed by atoms with Gasteiger partial charge in [0.2, 0.25) is 5.69 Å². The number of benzene rings is 2. The van der Waals surface area contributed by atoms with Gasteiger partial charge in [0.15, 0.2) is 0 Å². The zero-order valence-corrected chi connectivity index (χ0v) is 16.8. The van der Waals surface area contributed by atoms with Gasteiger partial charge in [-0.3, -0.25) is 19.6 Å². The molecule has 0 aliphatic carbocycles. The largest absolute Gasteiger partial charge is 0.346 e. The maximum Gasteiger partial charge on any atom is 0.320 e. The minimum atomic E-state index is -0.600. The Bertz CT molecular complexity index is 1210. The Kier molecular flexibility index (Phi) is 5.57. The number of rotatable bonds is 7. The van der Waals surface area contributed by atoms with Crippen molar-refractivity contribution in [2.24, 2.45) is 0 Å². The molecule has 2 aromatic carbocycles. The Morgan fingerprint density at radius 2 is 1.77 bits per heavy atom. The fourth-order valence-corrected chi connectivity index (χ4v) is 3.33. The van der Waals surface area contributed by atoms with Crippen LogP contribution in [-0.4, -0.2) is 30.4 Å². The number of para-hydroxylation sites is 1. The summed E-state index contributed by atoms with van der Waals surface area (Å²) in [4.78, 5) is 23.5. The van der Waals surface area contributed by atoms with Gasteiger partial charge in [-0.1, -0.05) is 48.5 Å². The first kappa shape index (κ1) is 20.0. The van der Waals surface area contributed by atoms with Crippen LogP contribution < -0.4 is 5.32 Å². The van der Waals surface area contributed by atoms with Crippen LogP contribution in [0.2, 0.25) is 0 Å². The van der Waals surface area contributed by atoms with Crippen molar-refractivity contribution < 1.29 is 9.72 Å². The lowest BCUT2D eigenvalue weighted by Crippen LogP contribution is -2.26. The molecule has 9 heteroatoms. The maximum atomic E-state index is 12.8. The van der Waals surface area contributed by atoms with E-state index in [0.29, 0.717) is 6.54 Å². The number of aromatic nitrogens is 4. The summed E-state index contributed by atoms with van der Waals surface area (Å²) in [5, 5.41) is 22.7. The predicted molar refractivity (Wildman–Crippen MR) is 115 cm³/mol. The van der Waals surface area contributed by atoms with E-state index in [4.69, 9.17) is 5.10 Å². The number of aryl methyl sites for hydroxylation is 1. The molecule has 0 aliphatic rings. The average Bonchev–Trinajstić information content (AvgIpc) is 3.43. The van der Waals surface area contributed by atoms with Crippen LogP contribution in [0.1, 0.15) is 23.0 Å². The summed E-state index contributed by atoms with van der Waals surface area (Å²) in [6.45, 7) is 2.27. The minimum Gasteiger partial charge on any atom is -0.346 e. The fourth-order valence-electron chi connectivity index (χ4n) is 3.33. The van der Waals surface area contributed by atoms with E-state index in [1.54, 1.807) is 11.6 Å². The molecule has 4 aromatic rings. The summed E-state index contributed by atoms with van der Waals surface area (Å²) in [6.07, 6.45) is 2.95. The van der Waals surface area contributed by atoms with Crippen molar-refractivity contribution >= 4 is 11.6 Å². The van der Waals surface area contributed by atoms with Crippen molar-refractivity contribution in [1.29, 1.82) is 0 Å². The molecule has 0 spiro atoms. The van der Waals surface area contributed by atoms with E-state index < -0.39 is 10.8 Å². The molecule has 9 nitrogen and oxygen atoms in total. The average molecular weight is 416 g/mol. The minimum absolute atomic E-state index is 0.0655. The number of carbonyl (C=O) groups excluding carboxylic acids is 1. The standard InChI is InChI=1S/C22H20N6O3/c1-2-26-21(19(14-24-26)28(30)31)22(29)23-13-17-15-27(18-11-7-4-8-12-18)25-20(17)16-9-5-3-6-10-16/h3-12,14-15H,2,13H2,1H3,(H,23,29). The van der Waals surface area contributed by atoms with Gasteiger partial charge in [0.05, 0.1) is 16.3 Å². The first-order valence-corrected chi connectivity index (χ1v) is 9.76. The van der Waals surface area contributed by atoms with Gasteiger partial charge in [0, 0.05) is 30.4 Å². The quantitative estimate of drug-likeness (QED) is 0.366. The molecule has 0 saturated heterocycles. The molecule has 1 N–H and O–H groups in total. The molecule has 0 atom stereocenters. The van der Waals surface area contributed by atoms with E-state index in [0.717, 1.165) is 28.7 Å². The highest BCUT2D eigenvalue weighted by Crippen LogP contribution is 2.24. The van der Waals surface area contributed by atoms with Crippen molar-refractivity contribution in [3.63, 3.8) is 0 Å². The van der Waals surface area contributed by atoms with Crippen molar-refractivity contribution in [3.8, 4) is 16.9 Å². The van der Waals surface area contributed by atoms with E-state index in [1.807, 2.05) is 66.9 Å². The van der Waals surface area contributed by atoms with E-state index >= 15 is 0 Å². The zero-order chi connectivity index (χ0) is 21.8. The summed E-state index contributed by atoms with van der Waals surface area (Å²) in [6, 6.07) is 19.3. The van der Waals surface area contributed by atoms with Crippen LogP contribution in [0.5, 0.6) is 0 Å². The number of nitrogens with zero attached hydrogens (tertiary/aromatic N) is 5. The Hall–Kier alpha value is -4.27. The maximum absolute atomic E-state index is 12.8. The Labute approximate surface area is 178 Å². The van der Waals surface area contributed by atoms with E-state index in [2.05, 4.69) is 10.4 Å². The van der Waals surface area contributed by atoms with Crippen molar-refractivity contribution in [2.45, 2.75) is 20.0 Å². The number of carbonyl (C=O) groups is 1. The summed E-state index contributed by atoms with van der Waals surface area (Å²) in [7, 11) is 0. The van der Waals surface area contributed by atoms with Crippen LogP contribution in [0.4, 0.5) is 5.69 Å². The van der Waals surface area contributed by atoms with Gasteiger partial charge in [0.1, 0.15) is 6.20 Å². The molecule has 1 amide bonds. The Morgan fingerprint density at radius 1 is 1.10 bits per heavy atom. The van der Waals surface area contributed by atoms with Crippen LogP contribution in [0, 0.1) is 10.1 Å². The van der Waals surface area contributed by atoms with E-state index in [9.17, 15) is 14.9 Å². The molecule has 0 saturated carbocycles. The smallest absolute Gasteiger partial charge is 0.320 e. The van der Waals surface area contributed by atoms with Gasteiger partial charge < -0.3 is 5.32 Å². The van der Waals surface area contributed by atoms with Gasteiger partial charge in [0.25, 0.3) is 5.91 Å². The van der Waals surface area contributed by atoms with Gasteiger partial charge in [-0.15, -0.1) is 0 Å². The van der Waals surface area contributed by atoms with Gasteiger partial charge in [-0.25, -0.2) is 4.68 Å². The summed E-state index contributed by atoms with van der Waals surface area (Å²) in [5.74, 6) is -0.558. The normalized spacial score (nSPS) is 10.7. The number of nitro groups is 1. The highest BCUT2D eigenvalue weighted by Gasteiger charge is 2.26. The van der Waals surface area contributed by atoms with Gasteiger partial charge in [-0.05, 0) is 19.1 Å². The topological polar surface area (TPSA) is 108 Å². The van der Waals surface area contributed by atoms with E-state index in [-0.39, 0.29) is 17.9 Å². The van der Waals surface area contributed by atoms with Crippen LogP contribution in [-0.2, 0) is 13.1 Å². The SMILES string of the molecule is CCn1ncc([N+](=O)[O-])c1C(=O)NCc1cn(-c2ccccc2)nc1-c1ccccc1. The third-order valence-corrected chi connectivity index (χ3v) is 4.83. The molecule has 0 radical (unpaired) electrons. The number of hydrogen-bond donors (Lipinski definition) is 1. The highest BCUT2D eigenvalue weighted by atomic mass is 16.6. The molecule has 31 heavy (non-hydrogen) atoms. The van der Waals surface area contributed by atoms with Crippen LogP contribution in [0.3, 0.4) is 0 Å². The lowest BCUT2D eigenvalue weighted by Gasteiger charge is -2.07. The van der Waals surface area contributed by atoms with E-state index in [1.165, 1.54) is 4.68 Å². The predicted octanol–water partition coefficient (Wildman–Crippen LogP) is 3.59. The monoisotopic (exact) mass is 416 g/mol. The zero-order valence-electron chi connectivity index (χ0n) is 16.8. The molecule has 2 heterocycles. The van der Waals surface area contributed by atoms with Crippen molar-refractivity contribution in [1.82, 2.24) is 24.9 Å². The molecule has 0 aliphatic heterocycles. The van der Waals surface area contributed by atoms with Crippen LogP contribution in [0.15, 0.2) is 73.1 Å². The molecular formula is C22H20N6O3. The first-order chi connectivity index (χ1) is 15.1. The number of nitrogens with one attached hydrogen (secondary N) is 1. The summed E-state index contributed by atoms with van der Waals surface area (Å²) in [5.41, 5.74) is 2.92. The molecular weight excluding hydrogens is 396 g/mol. The molecule has 0 fully saturated rings. The third-order valence-electron chi connectivity index (χ3n) is 4.83. The molecule has 156 valence electrons. The molecule has 0 bridgehead atoms. The van der Waals surface area contributed by atoms with Gasteiger partial charge >= 0.3 is 5.69 Å². The van der Waals surface area contributed by atoms with Crippen molar-refractivity contribution in [3.05, 3.63) is 94.4 Å². The van der Waals surface area contributed by atoms with Crippen molar-refractivity contribution in [2.75, 3.05) is 0 Å². The Morgan fingerprint density at radius 3 is 2.42 bits per heavy atom. The summed E-state index contributed by atoms with van der Waals surface area (Å²) >= 11 is 0. The van der Waals surface area contributed by atoms with Crippen LogP contribution >= 0.6 is 0 Å². The fraction of sp³-hybridized carbons (Fsp3) is 0.136.